The number of hydrogen-bond acceptors (Lipinski definition) is 1. The number of fused-ring (bicyclic) bond motifs is 1. The second-order valence-corrected chi connectivity index (χ2v) is 6.28. The number of aromatic nitrogens is 1. The zero-order valence-corrected chi connectivity index (χ0v) is 12.7. The number of nitrogens with zero attached hydrogens (tertiary/aromatic N) is 1. The van der Waals surface area contributed by atoms with Crippen LogP contribution in [-0.2, 0) is 13.0 Å². The molecule has 2 heteroatoms. The molecule has 1 aromatic heterocycles. The quantitative estimate of drug-likeness (QED) is 0.647. The van der Waals surface area contributed by atoms with E-state index in [4.69, 9.17) is 6.42 Å². The van der Waals surface area contributed by atoms with Crippen LogP contribution in [0.25, 0.3) is 10.9 Å². The molecule has 0 atom stereocenters. The van der Waals surface area contributed by atoms with Gasteiger partial charge in [-0.25, -0.2) is 0 Å². The van der Waals surface area contributed by atoms with E-state index in [9.17, 15) is 0 Å². The van der Waals surface area contributed by atoms with Gasteiger partial charge in [0.2, 0.25) is 0 Å². The summed E-state index contributed by atoms with van der Waals surface area (Å²) in [6.45, 7) is 8.28. The first kappa shape index (κ1) is 14.7. The standard InChI is InChI=1S/C18H24N2/c1-5-13-20-14-15(9-8-12-19-18(2,3)4)16-10-6-7-11-17(16)20/h1,6-7,10-11,14,19H,8-9,12-13H2,2-4H3. The highest BCUT2D eigenvalue weighted by atomic mass is 15.0. The van der Waals surface area contributed by atoms with E-state index in [0.717, 1.165) is 19.4 Å². The molecule has 0 saturated heterocycles. The summed E-state index contributed by atoms with van der Waals surface area (Å²) in [4.78, 5) is 0. The topological polar surface area (TPSA) is 17.0 Å². The van der Waals surface area contributed by atoms with Crippen LogP contribution in [0.4, 0.5) is 0 Å². The van der Waals surface area contributed by atoms with E-state index in [1.54, 1.807) is 0 Å². The van der Waals surface area contributed by atoms with Crippen molar-refractivity contribution < 1.29 is 0 Å². The Bertz CT molecular complexity index is 608. The Morgan fingerprint density at radius 2 is 2.00 bits per heavy atom. The second kappa shape index (κ2) is 6.15. The molecule has 106 valence electrons. The summed E-state index contributed by atoms with van der Waals surface area (Å²) in [5, 5.41) is 4.86. The molecule has 2 nitrogen and oxygen atoms in total. The van der Waals surface area contributed by atoms with Gasteiger partial charge in [-0.05, 0) is 51.8 Å². The highest BCUT2D eigenvalue weighted by Crippen LogP contribution is 2.22. The number of rotatable bonds is 5. The zero-order valence-electron chi connectivity index (χ0n) is 12.7. The first-order valence-corrected chi connectivity index (χ1v) is 7.26. The fourth-order valence-corrected chi connectivity index (χ4v) is 2.49. The minimum atomic E-state index is 0.192. The van der Waals surface area contributed by atoms with Crippen LogP contribution < -0.4 is 5.32 Å². The monoisotopic (exact) mass is 268 g/mol. The van der Waals surface area contributed by atoms with Crippen LogP contribution in [-0.4, -0.2) is 16.7 Å². The molecule has 2 aromatic rings. The van der Waals surface area contributed by atoms with Crippen molar-refractivity contribution in [3.8, 4) is 12.3 Å². The Kier molecular flexibility index (Phi) is 4.52. The van der Waals surface area contributed by atoms with E-state index in [2.05, 4.69) is 67.0 Å². The third kappa shape index (κ3) is 3.65. The Hall–Kier alpha value is -1.72. The average molecular weight is 268 g/mol. The van der Waals surface area contributed by atoms with Crippen LogP contribution >= 0.6 is 0 Å². The zero-order chi connectivity index (χ0) is 14.6. The summed E-state index contributed by atoms with van der Waals surface area (Å²) in [5.41, 5.74) is 2.83. The van der Waals surface area contributed by atoms with Crippen LogP contribution in [0.5, 0.6) is 0 Å². The number of nitrogens with one attached hydrogen (secondary N) is 1. The van der Waals surface area contributed by atoms with E-state index in [1.165, 1.54) is 16.5 Å². The third-order valence-corrected chi connectivity index (χ3v) is 3.41. The largest absolute Gasteiger partial charge is 0.336 e. The van der Waals surface area contributed by atoms with Crippen molar-refractivity contribution in [3.63, 3.8) is 0 Å². The molecule has 0 amide bonds. The van der Waals surface area contributed by atoms with Crippen LogP contribution in [0.3, 0.4) is 0 Å². The smallest absolute Gasteiger partial charge is 0.0835 e. The lowest BCUT2D eigenvalue weighted by Crippen LogP contribution is -2.36. The van der Waals surface area contributed by atoms with Crippen molar-refractivity contribution in [2.45, 2.75) is 45.7 Å². The van der Waals surface area contributed by atoms with Crippen LogP contribution in [0.15, 0.2) is 30.5 Å². The molecule has 0 radical (unpaired) electrons. The van der Waals surface area contributed by atoms with Gasteiger partial charge in [0.25, 0.3) is 0 Å². The van der Waals surface area contributed by atoms with E-state index in [1.807, 2.05) is 0 Å². The molecular formula is C18H24N2. The van der Waals surface area contributed by atoms with Gasteiger partial charge in [0.1, 0.15) is 0 Å². The summed E-state index contributed by atoms with van der Waals surface area (Å²) >= 11 is 0. The van der Waals surface area contributed by atoms with Crippen molar-refractivity contribution in [1.82, 2.24) is 9.88 Å². The lowest BCUT2D eigenvalue weighted by molar-refractivity contribution is 0.422. The van der Waals surface area contributed by atoms with Crippen molar-refractivity contribution in [3.05, 3.63) is 36.0 Å². The number of para-hydroxylation sites is 1. The van der Waals surface area contributed by atoms with Gasteiger partial charge in [-0.15, -0.1) is 6.42 Å². The predicted octanol–water partition coefficient (Wildman–Crippen LogP) is 3.60. The fourth-order valence-electron chi connectivity index (χ4n) is 2.49. The van der Waals surface area contributed by atoms with Gasteiger partial charge >= 0.3 is 0 Å². The minimum absolute atomic E-state index is 0.192. The first-order valence-electron chi connectivity index (χ1n) is 7.26. The van der Waals surface area contributed by atoms with Gasteiger partial charge in [0, 0.05) is 22.6 Å². The molecule has 0 bridgehead atoms. The lowest BCUT2D eigenvalue weighted by atomic mass is 10.1. The third-order valence-electron chi connectivity index (χ3n) is 3.41. The Balaban J connectivity index is 2.08. The molecule has 1 aromatic carbocycles. The maximum absolute atomic E-state index is 5.45. The minimum Gasteiger partial charge on any atom is -0.336 e. The van der Waals surface area contributed by atoms with E-state index >= 15 is 0 Å². The molecule has 0 spiro atoms. The Labute approximate surface area is 122 Å². The molecule has 0 saturated carbocycles. The molecule has 1 N–H and O–H groups in total. The summed E-state index contributed by atoms with van der Waals surface area (Å²) in [6, 6.07) is 8.50. The van der Waals surface area contributed by atoms with Crippen LogP contribution in [0.2, 0.25) is 0 Å². The van der Waals surface area contributed by atoms with Crippen molar-refractivity contribution >= 4 is 10.9 Å². The molecule has 2 rings (SSSR count). The second-order valence-electron chi connectivity index (χ2n) is 6.28. The van der Waals surface area contributed by atoms with Crippen LogP contribution in [0, 0.1) is 12.3 Å². The summed E-state index contributed by atoms with van der Waals surface area (Å²) in [5.74, 6) is 2.73. The molecule has 0 unspecified atom stereocenters. The van der Waals surface area contributed by atoms with Gasteiger partial charge in [-0.3, -0.25) is 0 Å². The molecule has 20 heavy (non-hydrogen) atoms. The van der Waals surface area contributed by atoms with Crippen molar-refractivity contribution in [1.29, 1.82) is 0 Å². The number of aryl methyl sites for hydroxylation is 1. The average Bonchev–Trinajstić information content (AvgIpc) is 2.73. The highest BCUT2D eigenvalue weighted by molar-refractivity contribution is 5.84. The summed E-state index contributed by atoms with van der Waals surface area (Å²) in [7, 11) is 0. The van der Waals surface area contributed by atoms with Gasteiger partial charge in [-0.1, -0.05) is 24.1 Å². The molecule has 0 aliphatic carbocycles. The van der Waals surface area contributed by atoms with Crippen LogP contribution in [0.1, 0.15) is 32.8 Å². The normalized spacial score (nSPS) is 11.7. The lowest BCUT2D eigenvalue weighted by Gasteiger charge is -2.20. The Morgan fingerprint density at radius 3 is 2.70 bits per heavy atom. The van der Waals surface area contributed by atoms with E-state index in [0.29, 0.717) is 6.54 Å². The molecule has 1 heterocycles. The van der Waals surface area contributed by atoms with E-state index < -0.39 is 0 Å². The predicted molar refractivity (Wildman–Crippen MR) is 86.8 cm³/mol. The number of benzene rings is 1. The van der Waals surface area contributed by atoms with Gasteiger partial charge in [0.05, 0.1) is 6.54 Å². The number of terminal acetylenes is 1. The molecule has 0 aliphatic rings. The molecular weight excluding hydrogens is 244 g/mol. The fraction of sp³-hybridized carbons (Fsp3) is 0.444. The van der Waals surface area contributed by atoms with Gasteiger partial charge < -0.3 is 9.88 Å². The summed E-state index contributed by atoms with van der Waals surface area (Å²) < 4.78 is 2.17. The van der Waals surface area contributed by atoms with Gasteiger partial charge in [-0.2, -0.15) is 0 Å². The maximum atomic E-state index is 5.45. The maximum Gasteiger partial charge on any atom is 0.0835 e. The SMILES string of the molecule is C#CCn1cc(CCCNC(C)(C)C)c2ccccc21. The first-order chi connectivity index (χ1) is 9.51. The van der Waals surface area contributed by atoms with E-state index in [-0.39, 0.29) is 5.54 Å². The molecule has 0 fully saturated rings. The number of hydrogen-bond donors (Lipinski definition) is 1. The van der Waals surface area contributed by atoms with Crippen molar-refractivity contribution in [2.75, 3.05) is 6.54 Å². The Morgan fingerprint density at radius 1 is 1.25 bits per heavy atom. The summed E-state index contributed by atoms with van der Waals surface area (Å²) in [6.07, 6.45) is 9.88. The molecule has 0 aliphatic heterocycles. The van der Waals surface area contributed by atoms with Crippen molar-refractivity contribution in [2.24, 2.45) is 0 Å². The highest BCUT2D eigenvalue weighted by Gasteiger charge is 2.09. The van der Waals surface area contributed by atoms with Gasteiger partial charge in [0.15, 0.2) is 0 Å².